The van der Waals surface area contributed by atoms with E-state index in [-0.39, 0.29) is 24.3 Å². The molecule has 2 aromatic rings. The van der Waals surface area contributed by atoms with Crippen molar-refractivity contribution in [3.8, 4) is 0 Å². The van der Waals surface area contributed by atoms with Gasteiger partial charge in [0.25, 0.3) is 0 Å². The summed E-state index contributed by atoms with van der Waals surface area (Å²) in [6.07, 6.45) is 0.283. The fourth-order valence-electron chi connectivity index (χ4n) is 2.94. The van der Waals surface area contributed by atoms with E-state index in [1.165, 1.54) is 0 Å². The average Bonchev–Trinajstić information content (AvgIpc) is 2.61. The minimum Gasteiger partial charge on any atom is -0.352 e. The molecule has 2 aromatic carbocycles. The lowest BCUT2D eigenvalue weighted by Crippen LogP contribution is -2.49. The van der Waals surface area contributed by atoms with Crippen molar-refractivity contribution in [3.63, 3.8) is 0 Å². The van der Waals surface area contributed by atoms with Gasteiger partial charge in [0.15, 0.2) is 0 Å². The predicted molar refractivity (Wildman–Crippen MR) is 109 cm³/mol. The first-order chi connectivity index (χ1) is 12.8. The van der Waals surface area contributed by atoms with E-state index < -0.39 is 6.04 Å². The second-order valence-corrected chi connectivity index (χ2v) is 7.45. The highest BCUT2D eigenvalue weighted by Gasteiger charge is 2.26. The molecule has 1 atom stereocenters. The van der Waals surface area contributed by atoms with Gasteiger partial charge in [-0.2, -0.15) is 0 Å². The molecule has 2 rings (SSSR count). The van der Waals surface area contributed by atoms with Crippen LogP contribution in [0.2, 0.25) is 0 Å². The maximum absolute atomic E-state index is 13.1. The lowest BCUT2D eigenvalue weighted by Gasteiger charge is -2.30. The Morgan fingerprint density at radius 3 is 2.19 bits per heavy atom. The Morgan fingerprint density at radius 1 is 0.963 bits per heavy atom. The van der Waals surface area contributed by atoms with Crippen molar-refractivity contribution in [2.75, 3.05) is 0 Å². The maximum atomic E-state index is 13.1. The van der Waals surface area contributed by atoms with Crippen molar-refractivity contribution in [1.29, 1.82) is 0 Å². The van der Waals surface area contributed by atoms with E-state index in [0.29, 0.717) is 6.54 Å². The van der Waals surface area contributed by atoms with Gasteiger partial charge in [-0.25, -0.2) is 0 Å². The van der Waals surface area contributed by atoms with Crippen LogP contribution in [-0.2, 0) is 22.6 Å². The van der Waals surface area contributed by atoms with Crippen LogP contribution in [-0.4, -0.2) is 28.8 Å². The molecule has 0 saturated heterocycles. The fraction of sp³-hybridized carbons (Fsp3) is 0.391. The van der Waals surface area contributed by atoms with Gasteiger partial charge < -0.3 is 10.2 Å². The van der Waals surface area contributed by atoms with E-state index >= 15 is 0 Å². The van der Waals surface area contributed by atoms with Gasteiger partial charge in [-0.05, 0) is 51.3 Å². The molecular formula is C23H30N2O2. The number of nitrogens with zero attached hydrogens (tertiary/aromatic N) is 1. The fourth-order valence-corrected chi connectivity index (χ4v) is 2.94. The van der Waals surface area contributed by atoms with Crippen LogP contribution in [0.5, 0.6) is 0 Å². The Bertz CT molecular complexity index is 781. The van der Waals surface area contributed by atoms with Gasteiger partial charge in [-0.15, -0.1) is 0 Å². The van der Waals surface area contributed by atoms with Gasteiger partial charge in [0.2, 0.25) is 11.8 Å². The topological polar surface area (TPSA) is 49.4 Å². The summed E-state index contributed by atoms with van der Waals surface area (Å²) in [6.45, 7) is 10.1. The van der Waals surface area contributed by atoms with Crippen molar-refractivity contribution in [2.24, 2.45) is 0 Å². The molecule has 4 heteroatoms. The molecule has 27 heavy (non-hydrogen) atoms. The molecule has 0 bridgehead atoms. The third-order valence-electron chi connectivity index (χ3n) is 4.68. The Labute approximate surface area is 162 Å². The number of carbonyl (C=O) groups excluding carboxylic acids is 2. The summed E-state index contributed by atoms with van der Waals surface area (Å²) in [5, 5.41) is 2.92. The normalized spacial score (nSPS) is 11.9. The van der Waals surface area contributed by atoms with Crippen LogP contribution in [0.15, 0.2) is 48.5 Å². The van der Waals surface area contributed by atoms with E-state index in [0.717, 1.165) is 22.3 Å². The Hall–Kier alpha value is -2.62. The molecule has 0 aliphatic rings. The summed E-state index contributed by atoms with van der Waals surface area (Å²) in [7, 11) is 0. The van der Waals surface area contributed by atoms with Gasteiger partial charge in [0.1, 0.15) is 6.04 Å². The van der Waals surface area contributed by atoms with E-state index in [1.54, 1.807) is 11.8 Å². The average molecular weight is 367 g/mol. The molecule has 0 radical (unpaired) electrons. The first kappa shape index (κ1) is 20.7. The molecule has 0 spiro atoms. The number of hydrogen-bond donors (Lipinski definition) is 1. The zero-order valence-corrected chi connectivity index (χ0v) is 17.0. The number of nitrogens with one attached hydrogen (secondary N) is 1. The highest BCUT2D eigenvalue weighted by molar-refractivity contribution is 5.88. The number of benzene rings is 2. The quantitative estimate of drug-likeness (QED) is 0.810. The van der Waals surface area contributed by atoms with Crippen LogP contribution in [0.4, 0.5) is 0 Å². The van der Waals surface area contributed by atoms with E-state index in [2.05, 4.69) is 5.32 Å². The molecule has 0 aliphatic carbocycles. The molecule has 2 amide bonds. The van der Waals surface area contributed by atoms with Gasteiger partial charge in [0, 0.05) is 12.6 Å². The van der Waals surface area contributed by atoms with Crippen molar-refractivity contribution in [1.82, 2.24) is 10.2 Å². The van der Waals surface area contributed by atoms with E-state index in [4.69, 9.17) is 0 Å². The molecule has 0 fully saturated rings. The number of amides is 2. The maximum Gasteiger partial charge on any atom is 0.242 e. The summed E-state index contributed by atoms with van der Waals surface area (Å²) in [5.74, 6) is -0.177. The Kier molecular flexibility index (Phi) is 7.17. The highest BCUT2D eigenvalue weighted by Crippen LogP contribution is 2.15. The van der Waals surface area contributed by atoms with Crippen LogP contribution >= 0.6 is 0 Å². The van der Waals surface area contributed by atoms with Crippen LogP contribution < -0.4 is 5.32 Å². The van der Waals surface area contributed by atoms with Crippen molar-refractivity contribution in [2.45, 2.75) is 59.7 Å². The van der Waals surface area contributed by atoms with Gasteiger partial charge in [-0.3, -0.25) is 9.59 Å². The molecule has 0 unspecified atom stereocenters. The summed E-state index contributed by atoms with van der Waals surface area (Å²) >= 11 is 0. The van der Waals surface area contributed by atoms with Crippen LogP contribution in [0.3, 0.4) is 0 Å². The first-order valence-corrected chi connectivity index (χ1v) is 9.48. The largest absolute Gasteiger partial charge is 0.352 e. The number of carbonyl (C=O) groups is 2. The summed E-state index contributed by atoms with van der Waals surface area (Å²) < 4.78 is 0. The molecule has 0 aliphatic heterocycles. The lowest BCUT2D eigenvalue weighted by atomic mass is 10.1. The first-order valence-electron chi connectivity index (χ1n) is 9.48. The van der Waals surface area contributed by atoms with Crippen molar-refractivity contribution >= 4 is 11.8 Å². The number of rotatable bonds is 7. The predicted octanol–water partition coefficient (Wildman–Crippen LogP) is 3.79. The van der Waals surface area contributed by atoms with Crippen LogP contribution in [0.1, 0.15) is 43.0 Å². The smallest absolute Gasteiger partial charge is 0.242 e. The third-order valence-corrected chi connectivity index (χ3v) is 4.68. The van der Waals surface area contributed by atoms with Crippen molar-refractivity contribution < 1.29 is 9.59 Å². The Morgan fingerprint density at radius 2 is 1.59 bits per heavy atom. The number of hydrogen-bond acceptors (Lipinski definition) is 2. The lowest BCUT2D eigenvalue weighted by molar-refractivity contribution is -0.140. The SMILES string of the molecule is Cc1ccc(CC(=O)N(Cc2ccccc2C)[C@@H](C)C(=O)NC(C)C)cc1. The van der Waals surface area contributed by atoms with Crippen LogP contribution in [0.25, 0.3) is 0 Å². The second-order valence-electron chi connectivity index (χ2n) is 7.45. The summed E-state index contributed by atoms with van der Waals surface area (Å²) in [4.78, 5) is 27.3. The molecule has 144 valence electrons. The molecule has 0 aromatic heterocycles. The molecule has 1 N–H and O–H groups in total. The molecular weight excluding hydrogens is 336 g/mol. The van der Waals surface area contributed by atoms with Gasteiger partial charge in [0.05, 0.1) is 6.42 Å². The summed E-state index contributed by atoms with van der Waals surface area (Å²) in [6, 6.07) is 15.4. The molecule has 0 saturated carbocycles. The Balaban J connectivity index is 2.24. The molecule has 0 heterocycles. The second kappa shape index (κ2) is 9.36. The van der Waals surface area contributed by atoms with Crippen molar-refractivity contribution in [3.05, 3.63) is 70.8 Å². The standard InChI is InChI=1S/C23H30N2O2/c1-16(2)24-23(27)19(5)25(15-21-9-7-6-8-18(21)4)22(26)14-20-12-10-17(3)11-13-20/h6-13,16,19H,14-15H2,1-5H3,(H,24,27)/t19-/m0/s1. The minimum absolute atomic E-state index is 0.0347. The zero-order valence-electron chi connectivity index (χ0n) is 17.0. The van der Waals surface area contributed by atoms with Gasteiger partial charge in [-0.1, -0.05) is 54.1 Å². The zero-order chi connectivity index (χ0) is 20.0. The third kappa shape index (κ3) is 5.95. The summed E-state index contributed by atoms with van der Waals surface area (Å²) in [5.41, 5.74) is 4.28. The van der Waals surface area contributed by atoms with Crippen LogP contribution in [0, 0.1) is 13.8 Å². The van der Waals surface area contributed by atoms with E-state index in [1.807, 2.05) is 76.2 Å². The number of aryl methyl sites for hydroxylation is 2. The molecule has 4 nitrogen and oxygen atoms in total. The minimum atomic E-state index is -0.537. The van der Waals surface area contributed by atoms with Gasteiger partial charge >= 0.3 is 0 Å². The highest BCUT2D eigenvalue weighted by atomic mass is 16.2. The van der Waals surface area contributed by atoms with E-state index in [9.17, 15) is 9.59 Å². The monoisotopic (exact) mass is 366 g/mol.